The van der Waals surface area contributed by atoms with Crippen LogP contribution in [0.2, 0.25) is 0 Å². The van der Waals surface area contributed by atoms with Crippen molar-refractivity contribution in [2.75, 3.05) is 19.0 Å². The van der Waals surface area contributed by atoms with Crippen LogP contribution in [0, 0.1) is 0 Å². The van der Waals surface area contributed by atoms with Gasteiger partial charge in [0.15, 0.2) is 0 Å². The summed E-state index contributed by atoms with van der Waals surface area (Å²) in [6.45, 7) is 2.29. The summed E-state index contributed by atoms with van der Waals surface area (Å²) in [5, 5.41) is 5.19. The fourth-order valence-electron chi connectivity index (χ4n) is 2.37. The molecule has 0 spiro atoms. The number of esters is 1. The number of hydrogen-bond acceptors (Lipinski definition) is 6. The van der Waals surface area contributed by atoms with E-state index >= 15 is 0 Å². The Morgan fingerprint density at radius 1 is 1.20 bits per heavy atom. The van der Waals surface area contributed by atoms with Crippen molar-refractivity contribution in [2.24, 2.45) is 0 Å². The summed E-state index contributed by atoms with van der Waals surface area (Å²) >= 11 is 0. The molecular weight excluding hydrogens is 324 g/mol. The molecule has 3 aromatic rings. The molecule has 3 N–H and O–H groups in total. The Balaban J connectivity index is 2.10. The molecule has 9 heteroatoms. The van der Waals surface area contributed by atoms with E-state index in [-0.39, 0.29) is 11.5 Å². The quantitative estimate of drug-likeness (QED) is 0.624. The van der Waals surface area contributed by atoms with E-state index in [1.165, 1.54) is 13.4 Å². The van der Waals surface area contributed by atoms with E-state index in [9.17, 15) is 9.59 Å². The smallest absolute Gasteiger partial charge is 0.340 e. The molecule has 128 valence electrons. The number of fused-ring (bicyclic) bond motifs is 1. The zero-order chi connectivity index (χ0) is 17.8. The highest BCUT2D eigenvalue weighted by Crippen LogP contribution is 2.27. The highest BCUT2D eigenvalue weighted by Gasteiger charge is 2.17. The van der Waals surface area contributed by atoms with Gasteiger partial charge in [-0.3, -0.25) is 5.32 Å². The van der Waals surface area contributed by atoms with Crippen molar-refractivity contribution in [3.8, 4) is 11.1 Å². The number of urea groups is 1. The van der Waals surface area contributed by atoms with E-state index in [1.54, 1.807) is 24.5 Å². The lowest BCUT2D eigenvalue weighted by Gasteiger charge is -2.05. The number of nitrogens with one attached hydrogen (secondary N) is 3. The molecule has 0 saturated carbocycles. The van der Waals surface area contributed by atoms with E-state index in [4.69, 9.17) is 4.74 Å². The van der Waals surface area contributed by atoms with Gasteiger partial charge in [0.25, 0.3) is 0 Å². The number of hydrogen-bond donors (Lipinski definition) is 3. The van der Waals surface area contributed by atoms with Crippen molar-refractivity contribution in [1.29, 1.82) is 0 Å². The number of H-pyrrole nitrogens is 1. The standard InChI is InChI=1S/C16H16N6O3/c1-3-19-16(24)22-15-20-12-5-9(10-6-17-8-18-7-10)4-11(13(12)21-15)14(23)25-2/h4-8H,3H2,1-2H3,(H3,19,20,21,22,24). The van der Waals surface area contributed by atoms with E-state index in [1.807, 2.05) is 6.92 Å². The Labute approximate surface area is 142 Å². The second-order valence-electron chi connectivity index (χ2n) is 5.11. The van der Waals surface area contributed by atoms with E-state index in [2.05, 4.69) is 30.6 Å². The number of methoxy groups -OCH3 is 1. The van der Waals surface area contributed by atoms with Crippen molar-refractivity contribution in [1.82, 2.24) is 25.3 Å². The maximum Gasteiger partial charge on any atom is 0.340 e. The number of nitrogens with zero attached hydrogens (tertiary/aromatic N) is 3. The summed E-state index contributed by atoms with van der Waals surface area (Å²) in [5.74, 6) is -0.299. The van der Waals surface area contributed by atoms with Crippen LogP contribution in [0.3, 0.4) is 0 Å². The summed E-state index contributed by atoms with van der Waals surface area (Å²) in [6.07, 6.45) is 4.70. The molecule has 2 aromatic heterocycles. The third-order valence-corrected chi connectivity index (χ3v) is 3.46. The predicted octanol–water partition coefficient (Wildman–Crippen LogP) is 1.95. The van der Waals surface area contributed by atoms with E-state index < -0.39 is 12.0 Å². The van der Waals surface area contributed by atoms with Gasteiger partial charge in [-0.15, -0.1) is 0 Å². The van der Waals surface area contributed by atoms with Gasteiger partial charge in [-0.25, -0.2) is 24.5 Å². The van der Waals surface area contributed by atoms with Gasteiger partial charge in [0.2, 0.25) is 5.95 Å². The number of anilines is 1. The Kier molecular flexibility index (Phi) is 4.55. The van der Waals surface area contributed by atoms with Crippen molar-refractivity contribution in [2.45, 2.75) is 6.92 Å². The minimum Gasteiger partial charge on any atom is -0.465 e. The average Bonchev–Trinajstić information content (AvgIpc) is 3.03. The third-order valence-electron chi connectivity index (χ3n) is 3.46. The zero-order valence-electron chi connectivity index (χ0n) is 13.7. The fraction of sp³-hybridized carbons (Fsp3) is 0.188. The minimum absolute atomic E-state index is 0.229. The number of rotatable bonds is 4. The molecule has 1 aromatic carbocycles. The highest BCUT2D eigenvalue weighted by molar-refractivity contribution is 6.05. The van der Waals surface area contributed by atoms with Crippen LogP contribution < -0.4 is 10.6 Å². The van der Waals surface area contributed by atoms with Gasteiger partial charge in [-0.2, -0.15) is 0 Å². The van der Waals surface area contributed by atoms with Crippen molar-refractivity contribution in [3.05, 3.63) is 36.4 Å². The summed E-state index contributed by atoms with van der Waals surface area (Å²) in [4.78, 5) is 39.0. The van der Waals surface area contributed by atoms with Gasteiger partial charge in [-0.05, 0) is 24.6 Å². The van der Waals surface area contributed by atoms with Crippen LogP contribution in [0.15, 0.2) is 30.9 Å². The van der Waals surface area contributed by atoms with Gasteiger partial charge >= 0.3 is 12.0 Å². The van der Waals surface area contributed by atoms with Crippen LogP contribution in [-0.2, 0) is 4.74 Å². The normalized spacial score (nSPS) is 10.5. The lowest BCUT2D eigenvalue weighted by molar-refractivity contribution is 0.0603. The average molecular weight is 340 g/mol. The lowest BCUT2D eigenvalue weighted by Crippen LogP contribution is -2.28. The molecule has 0 aliphatic rings. The summed E-state index contributed by atoms with van der Waals surface area (Å²) in [5.41, 5.74) is 2.72. The minimum atomic E-state index is -0.528. The molecule has 0 atom stereocenters. The van der Waals surface area contributed by atoms with Gasteiger partial charge in [-0.1, -0.05) is 0 Å². The number of amides is 2. The summed E-state index contributed by atoms with van der Waals surface area (Å²) in [7, 11) is 1.30. The molecule has 9 nitrogen and oxygen atoms in total. The monoisotopic (exact) mass is 340 g/mol. The molecule has 0 aliphatic heterocycles. The fourth-order valence-corrected chi connectivity index (χ4v) is 2.37. The molecule has 2 amide bonds. The van der Waals surface area contributed by atoms with E-state index in [0.29, 0.717) is 17.6 Å². The molecule has 0 bridgehead atoms. The first-order valence-electron chi connectivity index (χ1n) is 7.54. The molecule has 2 heterocycles. The number of aromatic nitrogens is 4. The molecule has 0 unspecified atom stereocenters. The van der Waals surface area contributed by atoms with Gasteiger partial charge < -0.3 is 15.0 Å². The van der Waals surface area contributed by atoms with Crippen molar-refractivity contribution < 1.29 is 14.3 Å². The first kappa shape index (κ1) is 16.4. The first-order chi connectivity index (χ1) is 12.1. The van der Waals surface area contributed by atoms with Crippen LogP contribution in [0.25, 0.3) is 22.2 Å². The van der Waals surface area contributed by atoms with Crippen LogP contribution in [0.5, 0.6) is 0 Å². The molecule has 25 heavy (non-hydrogen) atoms. The number of imidazole rings is 1. The van der Waals surface area contributed by atoms with Gasteiger partial charge in [0.1, 0.15) is 11.8 Å². The number of benzene rings is 1. The molecule has 0 aliphatic carbocycles. The molecule has 0 fully saturated rings. The lowest BCUT2D eigenvalue weighted by atomic mass is 10.0. The molecule has 3 rings (SSSR count). The van der Waals surface area contributed by atoms with Crippen LogP contribution in [0.4, 0.5) is 10.7 Å². The number of ether oxygens (including phenoxy) is 1. The summed E-state index contributed by atoms with van der Waals surface area (Å²) in [6, 6.07) is 3.07. The van der Waals surface area contributed by atoms with E-state index in [0.717, 1.165) is 11.1 Å². The van der Waals surface area contributed by atoms with Gasteiger partial charge in [0, 0.05) is 24.5 Å². The predicted molar refractivity (Wildman–Crippen MR) is 91.2 cm³/mol. The van der Waals surface area contributed by atoms with Crippen molar-refractivity contribution in [3.63, 3.8) is 0 Å². The number of aromatic amines is 1. The second-order valence-corrected chi connectivity index (χ2v) is 5.11. The highest BCUT2D eigenvalue weighted by atomic mass is 16.5. The van der Waals surface area contributed by atoms with Gasteiger partial charge in [0.05, 0.1) is 18.2 Å². The first-order valence-corrected chi connectivity index (χ1v) is 7.54. The molecular formula is C16H16N6O3. The SMILES string of the molecule is CCNC(=O)Nc1nc2c(C(=O)OC)cc(-c3cncnc3)cc2[nH]1. The Bertz CT molecular complexity index is 922. The molecule has 0 saturated heterocycles. The zero-order valence-corrected chi connectivity index (χ0v) is 13.7. The van der Waals surface area contributed by atoms with Crippen LogP contribution >= 0.6 is 0 Å². The Hall–Kier alpha value is -3.49. The Morgan fingerprint density at radius 3 is 2.64 bits per heavy atom. The second kappa shape index (κ2) is 6.95. The third kappa shape index (κ3) is 3.39. The largest absolute Gasteiger partial charge is 0.465 e. The number of carbonyl (C=O) groups is 2. The number of carbonyl (C=O) groups excluding carboxylic acids is 2. The maximum atomic E-state index is 12.1. The topological polar surface area (TPSA) is 122 Å². The van der Waals surface area contributed by atoms with Crippen molar-refractivity contribution >= 4 is 29.0 Å². The maximum absolute atomic E-state index is 12.1. The Morgan fingerprint density at radius 2 is 1.96 bits per heavy atom. The summed E-state index contributed by atoms with van der Waals surface area (Å²) < 4.78 is 4.84. The van der Waals surface area contributed by atoms with Crippen LogP contribution in [-0.4, -0.2) is 45.6 Å². The molecule has 0 radical (unpaired) electrons. The van der Waals surface area contributed by atoms with Crippen LogP contribution in [0.1, 0.15) is 17.3 Å².